The van der Waals surface area contributed by atoms with Gasteiger partial charge in [0, 0.05) is 5.70 Å². The van der Waals surface area contributed by atoms with Gasteiger partial charge in [-0.15, -0.1) is 5.47 Å². The van der Waals surface area contributed by atoms with Gasteiger partial charge in [-0.2, -0.15) is 0 Å². The van der Waals surface area contributed by atoms with Crippen LogP contribution in [0, 0.1) is 5.41 Å². The minimum Gasteiger partial charge on any atom is -0.326 e. The molecule has 0 unspecified atom stereocenters. The van der Waals surface area contributed by atoms with Crippen molar-refractivity contribution in [3.63, 3.8) is 0 Å². The summed E-state index contributed by atoms with van der Waals surface area (Å²) in [5, 5.41) is 2.99. The molecule has 2 aliphatic carbocycles. The molecule has 0 aromatic rings. The molecular formula is C11H12BNO. The van der Waals surface area contributed by atoms with Crippen molar-refractivity contribution in [3.8, 4) is 0 Å². The van der Waals surface area contributed by atoms with Crippen molar-refractivity contribution >= 4 is 13.8 Å². The minimum absolute atomic E-state index is 0.0151. The van der Waals surface area contributed by atoms with Crippen molar-refractivity contribution in [2.24, 2.45) is 5.41 Å². The second-order valence-corrected chi connectivity index (χ2v) is 4.65. The van der Waals surface area contributed by atoms with Crippen LogP contribution in [0.1, 0.15) is 32.1 Å². The van der Waals surface area contributed by atoms with E-state index >= 15 is 0 Å². The molecule has 0 atom stereocenters. The molecule has 3 aliphatic rings. The van der Waals surface area contributed by atoms with E-state index in [9.17, 15) is 4.79 Å². The lowest BCUT2D eigenvalue weighted by molar-refractivity contribution is -0.126. The van der Waals surface area contributed by atoms with Gasteiger partial charge in [-0.25, -0.2) is 0 Å². The summed E-state index contributed by atoms with van der Waals surface area (Å²) in [4.78, 5) is 11.7. The number of amides is 1. The zero-order valence-corrected chi connectivity index (χ0v) is 8.10. The molecule has 14 heavy (non-hydrogen) atoms. The van der Waals surface area contributed by atoms with E-state index in [1.54, 1.807) is 0 Å². The van der Waals surface area contributed by atoms with Gasteiger partial charge in [0.05, 0.1) is 5.41 Å². The van der Waals surface area contributed by atoms with Crippen molar-refractivity contribution in [1.82, 2.24) is 5.32 Å². The molecule has 0 aromatic heterocycles. The highest BCUT2D eigenvalue weighted by molar-refractivity contribution is 6.22. The normalized spacial score (nSPS) is 28.3. The van der Waals surface area contributed by atoms with Crippen molar-refractivity contribution in [1.29, 1.82) is 0 Å². The summed E-state index contributed by atoms with van der Waals surface area (Å²) in [6, 6.07) is 0. The van der Waals surface area contributed by atoms with Crippen LogP contribution >= 0.6 is 0 Å². The van der Waals surface area contributed by atoms with Gasteiger partial charge < -0.3 is 5.32 Å². The van der Waals surface area contributed by atoms with Crippen molar-refractivity contribution < 1.29 is 4.79 Å². The molecule has 0 bridgehead atoms. The highest BCUT2D eigenvalue weighted by Crippen LogP contribution is 2.54. The summed E-state index contributed by atoms with van der Waals surface area (Å²) in [6.07, 6.45) is 7.00. The van der Waals surface area contributed by atoms with Crippen LogP contribution in [0.2, 0.25) is 0 Å². The van der Waals surface area contributed by atoms with Gasteiger partial charge in [0.15, 0.2) is 0 Å². The first-order valence-corrected chi connectivity index (χ1v) is 5.19. The highest BCUT2D eigenvalue weighted by Gasteiger charge is 2.52. The summed E-state index contributed by atoms with van der Waals surface area (Å²) < 4.78 is 0. The fourth-order valence-electron chi connectivity index (χ4n) is 2.40. The Morgan fingerprint density at radius 2 is 2.14 bits per heavy atom. The molecule has 1 fully saturated rings. The quantitative estimate of drug-likeness (QED) is 0.567. The van der Waals surface area contributed by atoms with E-state index in [0.29, 0.717) is 0 Å². The summed E-state index contributed by atoms with van der Waals surface area (Å²) in [5.41, 5.74) is 3.25. The Morgan fingerprint density at radius 1 is 1.36 bits per heavy atom. The number of nitrogens with one attached hydrogen (secondary N) is 1. The lowest BCUT2D eigenvalue weighted by Crippen LogP contribution is -2.37. The highest BCUT2D eigenvalue weighted by atomic mass is 16.2. The van der Waals surface area contributed by atoms with Crippen molar-refractivity contribution in [3.05, 3.63) is 22.8 Å². The molecule has 1 aliphatic heterocycles. The van der Waals surface area contributed by atoms with Crippen LogP contribution < -0.4 is 5.32 Å². The van der Waals surface area contributed by atoms with Gasteiger partial charge in [0.25, 0.3) is 0 Å². The third-order valence-electron chi connectivity index (χ3n) is 3.56. The summed E-state index contributed by atoms with van der Waals surface area (Å²) in [7, 11) is 5.75. The topological polar surface area (TPSA) is 29.1 Å². The third kappa shape index (κ3) is 1.08. The standard InChI is InChI=1S/C11H12BNO/c12-8-2-1-7-6-11(3-4-11)10(14)13-9(7)5-8/h5H,1-4,6H2,(H,13,14). The maximum absolute atomic E-state index is 11.7. The summed E-state index contributed by atoms with van der Waals surface area (Å²) >= 11 is 0. The molecule has 1 saturated carbocycles. The van der Waals surface area contributed by atoms with Crippen LogP contribution in [0.5, 0.6) is 0 Å². The molecule has 1 N–H and O–H groups in total. The van der Waals surface area contributed by atoms with Crippen molar-refractivity contribution in [2.45, 2.75) is 32.1 Å². The first-order chi connectivity index (χ1) is 6.70. The predicted octanol–water partition coefficient (Wildman–Crippen LogP) is 1.39. The van der Waals surface area contributed by atoms with E-state index in [0.717, 1.165) is 43.3 Å². The van der Waals surface area contributed by atoms with E-state index in [1.165, 1.54) is 5.57 Å². The first kappa shape index (κ1) is 8.33. The fourth-order valence-corrected chi connectivity index (χ4v) is 2.40. The molecule has 0 aromatic carbocycles. The van der Waals surface area contributed by atoms with Gasteiger partial charge in [-0.1, -0.05) is 0 Å². The monoisotopic (exact) mass is 185 g/mol. The van der Waals surface area contributed by atoms with Crippen LogP contribution in [-0.4, -0.2) is 13.8 Å². The molecule has 1 spiro atoms. The Balaban J connectivity index is 1.97. The number of rotatable bonds is 0. The second kappa shape index (κ2) is 2.53. The van der Waals surface area contributed by atoms with Gasteiger partial charge in [0.1, 0.15) is 7.85 Å². The molecular weight excluding hydrogens is 173 g/mol. The van der Waals surface area contributed by atoms with Crippen LogP contribution in [0.15, 0.2) is 22.8 Å². The number of hydrogen-bond acceptors (Lipinski definition) is 1. The van der Waals surface area contributed by atoms with Crippen molar-refractivity contribution in [2.75, 3.05) is 0 Å². The number of carbonyl (C=O) groups is 1. The van der Waals surface area contributed by atoms with E-state index in [4.69, 9.17) is 7.85 Å². The number of carbonyl (C=O) groups excluding carboxylic acids is 1. The van der Waals surface area contributed by atoms with Gasteiger partial charge in [-0.05, 0) is 43.8 Å². The maximum atomic E-state index is 11.7. The Bertz CT molecular complexity index is 377. The zero-order valence-electron chi connectivity index (χ0n) is 8.10. The Hall–Kier alpha value is -0.985. The number of hydrogen-bond donors (Lipinski definition) is 1. The molecule has 1 heterocycles. The van der Waals surface area contributed by atoms with Crippen LogP contribution in [0.25, 0.3) is 0 Å². The lowest BCUT2D eigenvalue weighted by atomic mass is 9.79. The molecule has 0 saturated heterocycles. The van der Waals surface area contributed by atoms with Gasteiger partial charge >= 0.3 is 0 Å². The van der Waals surface area contributed by atoms with Crippen LogP contribution in [0.4, 0.5) is 0 Å². The molecule has 3 rings (SSSR count). The third-order valence-corrected chi connectivity index (χ3v) is 3.56. The van der Waals surface area contributed by atoms with Crippen LogP contribution in [-0.2, 0) is 4.79 Å². The zero-order chi connectivity index (χ0) is 9.76. The Kier molecular flexibility index (Phi) is 1.50. The predicted molar refractivity (Wildman–Crippen MR) is 54.5 cm³/mol. The fraction of sp³-hybridized carbons (Fsp3) is 0.545. The van der Waals surface area contributed by atoms with Gasteiger partial charge in [-0.3, -0.25) is 4.79 Å². The van der Waals surface area contributed by atoms with E-state index in [-0.39, 0.29) is 11.3 Å². The smallest absolute Gasteiger partial charge is 0.230 e. The van der Waals surface area contributed by atoms with E-state index in [2.05, 4.69) is 5.32 Å². The molecule has 70 valence electrons. The molecule has 1 amide bonds. The van der Waals surface area contributed by atoms with Gasteiger partial charge in [0.2, 0.25) is 5.91 Å². The largest absolute Gasteiger partial charge is 0.326 e. The lowest BCUT2D eigenvalue weighted by Gasteiger charge is -2.29. The molecule has 2 radical (unpaired) electrons. The Morgan fingerprint density at radius 3 is 2.86 bits per heavy atom. The maximum Gasteiger partial charge on any atom is 0.230 e. The van der Waals surface area contributed by atoms with Crippen LogP contribution in [0.3, 0.4) is 0 Å². The molecule has 2 nitrogen and oxygen atoms in total. The Labute approximate surface area is 84.9 Å². The SMILES string of the molecule is [B]C1=CC2=C(CC1)CC1(CC1)C(=O)N2. The second-order valence-electron chi connectivity index (χ2n) is 4.65. The average molecular weight is 185 g/mol. The molecule has 3 heteroatoms. The minimum atomic E-state index is -0.0151. The average Bonchev–Trinajstić information content (AvgIpc) is 2.89. The first-order valence-electron chi connectivity index (χ1n) is 5.19. The number of allylic oxidation sites excluding steroid dienone is 3. The van der Waals surface area contributed by atoms with E-state index in [1.807, 2.05) is 6.08 Å². The summed E-state index contributed by atoms with van der Waals surface area (Å²) in [6.45, 7) is 0. The summed E-state index contributed by atoms with van der Waals surface area (Å²) in [5.74, 6) is 0.210. The van der Waals surface area contributed by atoms with E-state index < -0.39 is 0 Å².